The minimum absolute atomic E-state index is 0.200. The van der Waals surface area contributed by atoms with E-state index < -0.39 is 0 Å². The van der Waals surface area contributed by atoms with Gasteiger partial charge in [-0.1, -0.05) is 13.3 Å². The van der Waals surface area contributed by atoms with E-state index in [-0.39, 0.29) is 12.6 Å². The van der Waals surface area contributed by atoms with E-state index in [2.05, 4.69) is 12.2 Å². The van der Waals surface area contributed by atoms with E-state index in [1.54, 1.807) is 12.1 Å². The van der Waals surface area contributed by atoms with Crippen molar-refractivity contribution in [2.45, 2.75) is 26.7 Å². The highest BCUT2D eigenvalue weighted by Crippen LogP contribution is 2.10. The van der Waals surface area contributed by atoms with E-state index in [9.17, 15) is 4.79 Å². The summed E-state index contributed by atoms with van der Waals surface area (Å²) in [7, 11) is 0. The number of hydrogen-bond acceptors (Lipinski definition) is 10. The van der Waals surface area contributed by atoms with Crippen molar-refractivity contribution in [1.82, 2.24) is 0 Å². The van der Waals surface area contributed by atoms with Crippen molar-refractivity contribution in [2.24, 2.45) is 0 Å². The third-order valence-corrected chi connectivity index (χ3v) is 4.88. The summed E-state index contributed by atoms with van der Waals surface area (Å²) < 4.78 is 42.9. The van der Waals surface area contributed by atoms with Crippen molar-refractivity contribution in [2.75, 3.05) is 111 Å². The summed E-state index contributed by atoms with van der Waals surface area (Å²) in [6, 6.07) is 7.30. The Morgan fingerprint density at radius 3 is 1.41 bits per heavy atom. The third-order valence-electron chi connectivity index (χ3n) is 4.88. The quantitative estimate of drug-likeness (QED) is 0.135. The zero-order valence-electron chi connectivity index (χ0n) is 22.7. The first-order valence-corrected chi connectivity index (χ1v) is 13.3. The van der Waals surface area contributed by atoms with Crippen molar-refractivity contribution in [3.05, 3.63) is 29.8 Å². The van der Waals surface area contributed by atoms with E-state index in [0.717, 1.165) is 25.1 Å². The number of nitrogens with one attached hydrogen (secondary N) is 1. The largest absolute Gasteiger partial charge is 0.460 e. The van der Waals surface area contributed by atoms with Gasteiger partial charge in [0, 0.05) is 18.8 Å². The van der Waals surface area contributed by atoms with Crippen LogP contribution in [0.2, 0.25) is 0 Å². The molecule has 1 rings (SSSR count). The number of unbranched alkanes of at least 4 members (excludes halogenated alkanes) is 1. The molecule has 1 aromatic carbocycles. The number of carbonyl (C=O) groups excluding carboxylic acids is 1. The Balaban J connectivity index is 1.79. The maximum Gasteiger partial charge on any atom is 0.338 e. The maximum atomic E-state index is 12.1. The molecular weight excluding hydrogens is 482 g/mol. The lowest BCUT2D eigenvalue weighted by Crippen LogP contribution is -2.15. The molecule has 0 radical (unpaired) electrons. The van der Waals surface area contributed by atoms with E-state index in [1.165, 1.54) is 0 Å². The van der Waals surface area contributed by atoms with Gasteiger partial charge in [0.05, 0.1) is 91.5 Å². The smallest absolute Gasteiger partial charge is 0.338 e. The van der Waals surface area contributed by atoms with Crippen LogP contribution >= 0.6 is 0 Å². The molecule has 37 heavy (non-hydrogen) atoms. The second-order valence-corrected chi connectivity index (χ2v) is 7.86. The number of carbonyl (C=O) groups is 1. The second-order valence-electron chi connectivity index (χ2n) is 7.86. The van der Waals surface area contributed by atoms with Crippen LogP contribution in [0.25, 0.3) is 0 Å². The highest BCUT2D eigenvalue weighted by atomic mass is 16.6. The minimum atomic E-state index is -0.354. The van der Waals surface area contributed by atoms with Crippen LogP contribution in [0.15, 0.2) is 24.3 Å². The summed E-state index contributed by atoms with van der Waals surface area (Å²) in [5.41, 5.74) is 1.53. The van der Waals surface area contributed by atoms with E-state index in [4.69, 9.17) is 37.9 Å². The predicted octanol–water partition coefficient (Wildman–Crippen LogP) is 3.19. The first-order chi connectivity index (χ1) is 18.3. The Kier molecular flexibility index (Phi) is 23.2. The average molecular weight is 530 g/mol. The van der Waals surface area contributed by atoms with Gasteiger partial charge in [0.1, 0.15) is 6.61 Å². The van der Waals surface area contributed by atoms with Gasteiger partial charge in [0.25, 0.3) is 0 Å². The van der Waals surface area contributed by atoms with Gasteiger partial charge in [0.15, 0.2) is 0 Å². The van der Waals surface area contributed by atoms with Crippen LogP contribution in [0.3, 0.4) is 0 Å². The summed E-state index contributed by atoms with van der Waals surface area (Å²) in [4.78, 5) is 12.1. The highest BCUT2D eigenvalue weighted by Gasteiger charge is 2.06. The number of ether oxygens (including phenoxy) is 8. The first-order valence-electron chi connectivity index (χ1n) is 13.3. The zero-order chi connectivity index (χ0) is 26.7. The topological polar surface area (TPSA) is 103 Å². The van der Waals surface area contributed by atoms with Crippen molar-refractivity contribution >= 4 is 11.7 Å². The Morgan fingerprint density at radius 2 is 1.00 bits per heavy atom. The van der Waals surface area contributed by atoms with Crippen molar-refractivity contribution in [3.8, 4) is 0 Å². The van der Waals surface area contributed by atoms with Crippen molar-refractivity contribution in [1.29, 1.82) is 0 Å². The fraction of sp³-hybridized carbons (Fsp3) is 0.741. The van der Waals surface area contributed by atoms with Crippen LogP contribution in [-0.4, -0.2) is 112 Å². The molecule has 0 aliphatic heterocycles. The van der Waals surface area contributed by atoms with Crippen LogP contribution in [0.4, 0.5) is 5.69 Å². The van der Waals surface area contributed by atoms with Gasteiger partial charge in [-0.3, -0.25) is 0 Å². The number of esters is 1. The van der Waals surface area contributed by atoms with Gasteiger partial charge in [-0.2, -0.15) is 0 Å². The van der Waals surface area contributed by atoms with Crippen LogP contribution in [0.5, 0.6) is 0 Å². The molecule has 0 saturated heterocycles. The van der Waals surface area contributed by atoms with E-state index in [1.807, 2.05) is 19.1 Å². The predicted molar refractivity (Wildman–Crippen MR) is 142 cm³/mol. The summed E-state index contributed by atoms with van der Waals surface area (Å²) in [5, 5.41) is 3.31. The van der Waals surface area contributed by atoms with Crippen LogP contribution in [-0.2, 0) is 37.9 Å². The lowest BCUT2D eigenvalue weighted by Gasteiger charge is -2.09. The fourth-order valence-corrected chi connectivity index (χ4v) is 2.87. The van der Waals surface area contributed by atoms with Gasteiger partial charge in [0.2, 0.25) is 0 Å². The Bertz CT molecular complexity index is 631. The molecule has 0 spiro atoms. The van der Waals surface area contributed by atoms with Crippen LogP contribution in [0.1, 0.15) is 37.0 Å². The molecular formula is C27H47NO9. The summed E-state index contributed by atoms with van der Waals surface area (Å²) >= 11 is 0. The summed E-state index contributed by atoms with van der Waals surface area (Å²) in [6.45, 7) is 12.5. The highest BCUT2D eigenvalue weighted by molar-refractivity contribution is 5.89. The maximum absolute atomic E-state index is 12.1. The molecule has 0 unspecified atom stereocenters. The Labute approximate surface area is 222 Å². The van der Waals surface area contributed by atoms with Crippen molar-refractivity contribution in [3.63, 3.8) is 0 Å². The van der Waals surface area contributed by atoms with Gasteiger partial charge in [-0.05, 0) is 37.6 Å². The van der Waals surface area contributed by atoms with E-state index in [0.29, 0.717) is 98.1 Å². The normalized spacial score (nSPS) is 11.1. The molecule has 0 aromatic heterocycles. The average Bonchev–Trinajstić information content (AvgIpc) is 2.92. The van der Waals surface area contributed by atoms with E-state index >= 15 is 0 Å². The molecule has 0 heterocycles. The molecule has 0 saturated carbocycles. The second kappa shape index (κ2) is 25.8. The number of anilines is 1. The molecule has 1 aromatic rings. The Morgan fingerprint density at radius 1 is 0.595 bits per heavy atom. The van der Waals surface area contributed by atoms with Gasteiger partial charge in [-0.15, -0.1) is 0 Å². The van der Waals surface area contributed by atoms with Crippen LogP contribution < -0.4 is 5.32 Å². The zero-order valence-corrected chi connectivity index (χ0v) is 22.7. The number of hydrogen-bond donors (Lipinski definition) is 1. The lowest BCUT2D eigenvalue weighted by atomic mass is 10.2. The van der Waals surface area contributed by atoms with Gasteiger partial charge < -0.3 is 43.2 Å². The molecule has 0 bridgehead atoms. The standard InChI is InChI=1S/C27H47NO9/c1-3-5-10-28-26-8-6-25(7-9-26)27(29)37-24-23-36-22-21-35-20-19-34-18-17-33-16-15-32-14-13-31-12-11-30-4-2/h6-9,28H,3-5,10-24H2,1-2H3. The SMILES string of the molecule is CCCCNc1ccc(C(=O)OCCOCCOCCOCCOCCOCCOCCOCC)cc1. The third kappa shape index (κ3) is 20.9. The molecule has 0 aliphatic carbocycles. The summed E-state index contributed by atoms with van der Waals surface area (Å²) in [6.07, 6.45) is 2.25. The van der Waals surface area contributed by atoms with Gasteiger partial charge >= 0.3 is 5.97 Å². The monoisotopic (exact) mass is 529 g/mol. The molecule has 0 fully saturated rings. The molecule has 10 nitrogen and oxygen atoms in total. The molecule has 1 N–H and O–H groups in total. The van der Waals surface area contributed by atoms with Crippen LogP contribution in [0, 0.1) is 0 Å². The molecule has 10 heteroatoms. The number of rotatable bonds is 27. The number of benzene rings is 1. The molecule has 0 atom stereocenters. The lowest BCUT2D eigenvalue weighted by molar-refractivity contribution is -0.0219. The van der Waals surface area contributed by atoms with Crippen molar-refractivity contribution < 1.29 is 42.7 Å². The first kappa shape index (κ1) is 33.2. The Hall–Kier alpha value is -1.79. The van der Waals surface area contributed by atoms with Gasteiger partial charge in [-0.25, -0.2) is 4.79 Å². The fourth-order valence-electron chi connectivity index (χ4n) is 2.87. The molecule has 214 valence electrons. The molecule has 0 aliphatic rings. The minimum Gasteiger partial charge on any atom is -0.460 e. The molecule has 0 amide bonds. The summed E-state index contributed by atoms with van der Waals surface area (Å²) in [5.74, 6) is -0.354.